The summed E-state index contributed by atoms with van der Waals surface area (Å²) in [5.41, 5.74) is 0. The maximum absolute atomic E-state index is 14.3. The number of likely N-dealkylation sites (tertiary alicyclic amines) is 1. The van der Waals surface area contributed by atoms with Crippen LogP contribution in [0.3, 0.4) is 0 Å². The van der Waals surface area contributed by atoms with Crippen molar-refractivity contribution in [3.8, 4) is 0 Å². The molecule has 34 heavy (non-hydrogen) atoms. The SMILES string of the molecule is C=CCN(C(=O)C1N([C@@H](CO)C(C)C)C(=O)[C@@H]2[C@H](C(=O)OCC)[C@H]3SC12CC3Br)C(C)CCC. The zero-order valence-corrected chi connectivity index (χ0v) is 23.3. The van der Waals surface area contributed by atoms with Gasteiger partial charge in [-0.3, -0.25) is 14.4 Å². The third kappa shape index (κ3) is 4.34. The first-order valence-corrected chi connectivity index (χ1v) is 14.2. The topological polar surface area (TPSA) is 87.2 Å². The predicted molar refractivity (Wildman–Crippen MR) is 138 cm³/mol. The Morgan fingerprint density at radius 2 is 2.06 bits per heavy atom. The monoisotopic (exact) mass is 558 g/mol. The van der Waals surface area contributed by atoms with Gasteiger partial charge in [0.15, 0.2) is 0 Å². The fourth-order valence-corrected chi connectivity index (χ4v) is 9.77. The van der Waals surface area contributed by atoms with Gasteiger partial charge in [-0.25, -0.2) is 0 Å². The molecule has 0 aromatic heterocycles. The molecule has 3 fully saturated rings. The molecule has 2 amide bonds. The number of halogens is 1. The number of ether oxygens (including phenoxy) is 1. The van der Waals surface area contributed by atoms with E-state index in [1.807, 2.05) is 25.7 Å². The Morgan fingerprint density at radius 3 is 2.59 bits per heavy atom. The normalized spacial score (nSPS) is 33.7. The summed E-state index contributed by atoms with van der Waals surface area (Å²) < 4.78 is 4.66. The van der Waals surface area contributed by atoms with Gasteiger partial charge in [0.1, 0.15) is 6.04 Å². The van der Waals surface area contributed by atoms with Crippen LogP contribution in [0.25, 0.3) is 0 Å². The number of nitrogens with zero attached hydrogens (tertiary/aromatic N) is 2. The van der Waals surface area contributed by atoms with Crippen LogP contribution in [0.5, 0.6) is 0 Å². The molecule has 3 heterocycles. The quantitative estimate of drug-likeness (QED) is 0.238. The van der Waals surface area contributed by atoms with E-state index in [2.05, 4.69) is 29.4 Å². The third-order valence-corrected chi connectivity index (χ3v) is 10.9. The van der Waals surface area contributed by atoms with Crippen LogP contribution in [0.4, 0.5) is 0 Å². The Labute approximate surface area is 216 Å². The van der Waals surface area contributed by atoms with Crippen molar-refractivity contribution in [1.29, 1.82) is 0 Å². The van der Waals surface area contributed by atoms with E-state index >= 15 is 0 Å². The lowest BCUT2D eigenvalue weighted by atomic mass is 9.71. The Bertz CT molecular complexity index is 810. The average molecular weight is 560 g/mol. The fourth-order valence-electron chi connectivity index (χ4n) is 6.19. The van der Waals surface area contributed by atoms with E-state index in [1.54, 1.807) is 29.7 Å². The summed E-state index contributed by atoms with van der Waals surface area (Å²) in [4.78, 5) is 44.9. The Hall–Kier alpha value is -1.06. The molecule has 0 aromatic rings. The van der Waals surface area contributed by atoms with Gasteiger partial charge in [0, 0.05) is 22.7 Å². The van der Waals surface area contributed by atoms with Crippen molar-refractivity contribution in [2.45, 2.75) is 86.8 Å². The first-order chi connectivity index (χ1) is 16.1. The molecule has 7 nitrogen and oxygen atoms in total. The van der Waals surface area contributed by atoms with E-state index < -0.39 is 28.7 Å². The van der Waals surface area contributed by atoms with Gasteiger partial charge in [-0.2, -0.15) is 0 Å². The number of carbonyl (C=O) groups is 3. The molecule has 1 spiro atoms. The molecule has 0 radical (unpaired) electrons. The van der Waals surface area contributed by atoms with Crippen molar-refractivity contribution in [2.24, 2.45) is 17.8 Å². The number of fused-ring (bicyclic) bond motifs is 1. The standard InChI is InChI=1S/C25H39BrN2O5S/c1-7-10-15(6)27(11-8-2)23(31)21-25-12-16(26)20(34-25)18(24(32)33-9-3)19(25)22(30)28(21)17(13-29)14(4)5/h8,14-21,29H,2,7,9-13H2,1,3-6H3/t15?,16?,17-,18-,19-,20-,21?,25?/m0/s1. The van der Waals surface area contributed by atoms with Crippen LogP contribution in [-0.2, 0) is 19.1 Å². The first kappa shape index (κ1) is 27.5. The second-order valence-electron chi connectivity index (χ2n) is 10.1. The van der Waals surface area contributed by atoms with E-state index in [0.717, 1.165) is 12.8 Å². The fraction of sp³-hybridized carbons (Fsp3) is 0.800. The number of aliphatic hydroxyl groups is 1. The van der Waals surface area contributed by atoms with E-state index in [0.29, 0.717) is 13.0 Å². The van der Waals surface area contributed by atoms with Crippen LogP contribution < -0.4 is 0 Å². The molecular weight excluding hydrogens is 520 g/mol. The molecule has 3 saturated heterocycles. The molecule has 192 valence electrons. The van der Waals surface area contributed by atoms with Gasteiger partial charge in [0.25, 0.3) is 0 Å². The third-order valence-electron chi connectivity index (χ3n) is 7.68. The molecular formula is C25H39BrN2O5S. The number of hydrogen-bond donors (Lipinski definition) is 1. The number of hydrogen-bond acceptors (Lipinski definition) is 6. The Morgan fingerprint density at radius 1 is 1.38 bits per heavy atom. The van der Waals surface area contributed by atoms with Crippen molar-refractivity contribution in [2.75, 3.05) is 19.8 Å². The Kier molecular flexibility index (Phi) is 8.83. The van der Waals surface area contributed by atoms with E-state index in [-0.39, 0.29) is 53.0 Å². The molecule has 3 aliphatic rings. The zero-order chi connectivity index (χ0) is 25.4. The maximum Gasteiger partial charge on any atom is 0.310 e. The molecule has 2 bridgehead atoms. The van der Waals surface area contributed by atoms with Gasteiger partial charge in [-0.1, -0.05) is 49.2 Å². The van der Waals surface area contributed by atoms with Gasteiger partial charge in [0.2, 0.25) is 11.8 Å². The first-order valence-electron chi connectivity index (χ1n) is 12.4. The number of amides is 2. The van der Waals surface area contributed by atoms with Crippen LogP contribution in [0, 0.1) is 17.8 Å². The summed E-state index contributed by atoms with van der Waals surface area (Å²) in [5, 5.41) is 10.2. The lowest BCUT2D eigenvalue weighted by Crippen LogP contribution is -2.59. The highest BCUT2D eigenvalue weighted by Crippen LogP contribution is 2.68. The second-order valence-corrected chi connectivity index (χ2v) is 12.8. The molecule has 4 unspecified atom stereocenters. The average Bonchev–Trinajstić information content (AvgIpc) is 3.36. The lowest BCUT2D eigenvalue weighted by Gasteiger charge is -2.42. The molecule has 0 saturated carbocycles. The zero-order valence-electron chi connectivity index (χ0n) is 20.9. The van der Waals surface area contributed by atoms with E-state index in [4.69, 9.17) is 4.74 Å². The van der Waals surface area contributed by atoms with Crippen LogP contribution >= 0.6 is 27.7 Å². The summed E-state index contributed by atoms with van der Waals surface area (Å²) in [6, 6.07) is -1.28. The molecule has 8 atom stereocenters. The minimum Gasteiger partial charge on any atom is -0.466 e. The molecule has 3 aliphatic heterocycles. The summed E-state index contributed by atoms with van der Waals surface area (Å²) in [5.74, 6) is -1.99. The van der Waals surface area contributed by atoms with Gasteiger partial charge >= 0.3 is 5.97 Å². The predicted octanol–water partition coefficient (Wildman–Crippen LogP) is 3.23. The highest BCUT2D eigenvalue weighted by atomic mass is 79.9. The number of rotatable bonds is 11. The summed E-state index contributed by atoms with van der Waals surface area (Å²) >= 11 is 5.36. The summed E-state index contributed by atoms with van der Waals surface area (Å²) in [7, 11) is 0. The number of esters is 1. The van der Waals surface area contributed by atoms with Gasteiger partial charge in [-0.15, -0.1) is 18.3 Å². The number of carbonyl (C=O) groups excluding carboxylic acids is 3. The van der Waals surface area contributed by atoms with E-state index in [9.17, 15) is 19.5 Å². The van der Waals surface area contributed by atoms with Crippen LogP contribution in [-0.4, -0.2) is 85.4 Å². The lowest BCUT2D eigenvalue weighted by molar-refractivity contribution is -0.154. The van der Waals surface area contributed by atoms with Crippen molar-refractivity contribution in [1.82, 2.24) is 9.80 Å². The molecule has 1 N–H and O–H groups in total. The van der Waals surface area contributed by atoms with Crippen molar-refractivity contribution < 1.29 is 24.2 Å². The highest BCUT2D eigenvalue weighted by molar-refractivity contribution is 9.09. The van der Waals surface area contributed by atoms with Crippen LogP contribution in [0.2, 0.25) is 0 Å². The summed E-state index contributed by atoms with van der Waals surface area (Å²) in [6.07, 6.45) is 4.11. The minimum atomic E-state index is -0.752. The van der Waals surface area contributed by atoms with E-state index in [1.165, 1.54) is 0 Å². The van der Waals surface area contributed by atoms with Crippen LogP contribution in [0.15, 0.2) is 12.7 Å². The molecule has 0 aliphatic carbocycles. The molecule has 9 heteroatoms. The largest absolute Gasteiger partial charge is 0.466 e. The van der Waals surface area contributed by atoms with Gasteiger partial charge in [-0.05, 0) is 32.6 Å². The summed E-state index contributed by atoms with van der Waals surface area (Å²) in [6.45, 7) is 14.0. The number of thioether (sulfide) groups is 1. The van der Waals surface area contributed by atoms with Gasteiger partial charge < -0.3 is 19.6 Å². The van der Waals surface area contributed by atoms with Gasteiger partial charge in [0.05, 0.1) is 35.8 Å². The maximum atomic E-state index is 14.3. The second kappa shape index (κ2) is 10.9. The smallest absolute Gasteiger partial charge is 0.310 e. The van der Waals surface area contributed by atoms with Crippen molar-refractivity contribution in [3.05, 3.63) is 12.7 Å². The molecule has 0 aromatic carbocycles. The Balaban J connectivity index is 2.14. The number of aliphatic hydroxyl groups excluding tert-OH is 1. The van der Waals surface area contributed by atoms with Crippen molar-refractivity contribution >= 4 is 45.5 Å². The highest BCUT2D eigenvalue weighted by Gasteiger charge is 2.76. The molecule has 3 rings (SSSR count). The van der Waals surface area contributed by atoms with Crippen molar-refractivity contribution in [3.63, 3.8) is 0 Å². The number of alkyl halides is 1. The minimum absolute atomic E-state index is 0.00116. The van der Waals surface area contributed by atoms with Crippen LogP contribution in [0.1, 0.15) is 53.9 Å².